The molecule has 0 spiro atoms. The van der Waals surface area contributed by atoms with E-state index in [2.05, 4.69) is 79.8 Å². The zero-order chi connectivity index (χ0) is 23.8. The highest BCUT2D eigenvalue weighted by molar-refractivity contribution is 9.11. The monoisotopic (exact) mass is 636 g/mol. The first-order chi connectivity index (χ1) is 15.5. The third-order valence-corrected chi connectivity index (χ3v) is 11.3. The van der Waals surface area contributed by atoms with E-state index in [4.69, 9.17) is 4.74 Å². The van der Waals surface area contributed by atoms with Crippen molar-refractivity contribution in [2.45, 2.75) is 65.7 Å². The molecule has 6 bridgehead atoms. The minimum atomic E-state index is -0.738. The molecule has 0 heterocycles. The molecule has 2 saturated carbocycles. The summed E-state index contributed by atoms with van der Waals surface area (Å²) in [6.07, 6.45) is 5.03. The van der Waals surface area contributed by atoms with E-state index in [1.54, 1.807) is 0 Å². The molecule has 0 amide bonds. The number of halogens is 3. The third-order valence-electron chi connectivity index (χ3n) is 9.07. The number of benzene rings is 2. The number of carbonyl (C=O) groups is 2. The highest BCUT2D eigenvalue weighted by atomic mass is 79.9. The largest absolute Gasteiger partial charge is 0.426 e. The maximum atomic E-state index is 13.7. The summed E-state index contributed by atoms with van der Waals surface area (Å²) < 4.78 is 9.51. The fraction of sp³-hybridized carbons (Fsp3) is 0.481. The van der Waals surface area contributed by atoms with Crippen LogP contribution < -0.4 is 4.74 Å². The second kappa shape index (κ2) is 8.03. The van der Waals surface area contributed by atoms with Crippen LogP contribution in [-0.2, 0) is 35.3 Å². The zero-order valence-electron chi connectivity index (χ0n) is 19.1. The van der Waals surface area contributed by atoms with Gasteiger partial charge in [0.15, 0.2) is 0 Å². The second-order valence-corrected chi connectivity index (χ2v) is 13.2. The Morgan fingerprint density at radius 3 is 1.76 bits per heavy atom. The van der Waals surface area contributed by atoms with Gasteiger partial charge in [-0.15, -0.1) is 0 Å². The van der Waals surface area contributed by atoms with Gasteiger partial charge in [0, 0.05) is 25.3 Å². The van der Waals surface area contributed by atoms with E-state index in [0.717, 1.165) is 56.6 Å². The molecular formula is C27H27Br3O3. The van der Waals surface area contributed by atoms with Gasteiger partial charge in [-0.05, 0) is 90.5 Å². The first-order valence-corrected chi connectivity index (χ1v) is 13.9. The van der Waals surface area contributed by atoms with Crippen molar-refractivity contribution in [3.8, 4) is 5.75 Å². The van der Waals surface area contributed by atoms with Gasteiger partial charge in [-0.2, -0.15) is 0 Å². The number of carbonyl (C=O) groups excluding carboxylic acids is 2. The Morgan fingerprint density at radius 1 is 0.788 bits per heavy atom. The average molecular weight is 639 g/mol. The molecule has 2 aromatic rings. The van der Waals surface area contributed by atoms with E-state index < -0.39 is 16.2 Å². The fourth-order valence-electron chi connectivity index (χ4n) is 6.18. The Kier molecular flexibility index (Phi) is 5.78. The highest BCUT2D eigenvalue weighted by Gasteiger charge is 2.73. The van der Waals surface area contributed by atoms with Crippen molar-refractivity contribution in [1.82, 2.24) is 0 Å². The second-order valence-electron chi connectivity index (χ2n) is 10.6. The zero-order valence-corrected chi connectivity index (χ0v) is 23.9. The van der Waals surface area contributed by atoms with Gasteiger partial charge in [0.25, 0.3) is 0 Å². The van der Waals surface area contributed by atoms with Crippen LogP contribution in [-0.4, -0.2) is 11.8 Å². The van der Waals surface area contributed by atoms with E-state index in [-0.39, 0.29) is 11.8 Å². The molecule has 33 heavy (non-hydrogen) atoms. The number of hydrogen-bond acceptors (Lipinski definition) is 3. The van der Waals surface area contributed by atoms with Crippen LogP contribution in [0.25, 0.3) is 0 Å². The van der Waals surface area contributed by atoms with Gasteiger partial charge >= 0.3 is 5.97 Å². The lowest BCUT2D eigenvalue weighted by atomic mass is 9.65. The van der Waals surface area contributed by atoms with Crippen LogP contribution in [0.15, 0.2) is 37.7 Å². The number of ketones is 1. The number of esters is 1. The summed E-state index contributed by atoms with van der Waals surface area (Å²) in [5, 5.41) is 0. The van der Waals surface area contributed by atoms with Gasteiger partial charge in [0.2, 0.25) is 0 Å². The van der Waals surface area contributed by atoms with Crippen LogP contribution >= 0.6 is 47.8 Å². The van der Waals surface area contributed by atoms with Crippen molar-refractivity contribution in [1.29, 1.82) is 0 Å². The molecule has 0 N–H and O–H groups in total. The predicted octanol–water partition coefficient (Wildman–Crippen LogP) is 7.55. The molecule has 2 aromatic carbocycles. The Hall–Kier alpha value is -0.980. The smallest absolute Gasteiger partial charge is 0.318 e. The Labute approximate surface area is 220 Å². The van der Waals surface area contributed by atoms with E-state index in [9.17, 15) is 9.59 Å². The summed E-state index contributed by atoms with van der Waals surface area (Å²) in [6.45, 7) is 6.18. The molecule has 2 fully saturated rings. The standard InChI is InChI=1S/C27H27Br3O3/c1-25(2)26(3)8-9-27(25,14-23(26)31)24(32)33-22-13-17-5-4-15-10-20(29)16(11-19(15)28)6-7-18(22)12-21(17)30/h10-13H,4-9,14H2,1-3H3/t26-,27+/m0/s1. The summed E-state index contributed by atoms with van der Waals surface area (Å²) in [5.41, 5.74) is 2.99. The first kappa shape index (κ1) is 23.7. The molecule has 3 nitrogen and oxygen atoms in total. The molecule has 0 radical (unpaired) electrons. The van der Waals surface area contributed by atoms with Crippen molar-refractivity contribution in [2.75, 3.05) is 0 Å². The van der Waals surface area contributed by atoms with Gasteiger partial charge in [-0.3, -0.25) is 9.59 Å². The molecule has 0 saturated heterocycles. The lowest BCUT2D eigenvalue weighted by molar-refractivity contribution is -0.151. The van der Waals surface area contributed by atoms with Crippen LogP contribution in [0.2, 0.25) is 0 Å². The van der Waals surface area contributed by atoms with Crippen molar-refractivity contribution in [3.05, 3.63) is 59.9 Å². The Balaban J connectivity index is 1.51. The van der Waals surface area contributed by atoms with Crippen LogP contribution in [0.1, 0.15) is 62.3 Å². The normalized spacial score (nSPS) is 27.5. The van der Waals surface area contributed by atoms with E-state index in [0.29, 0.717) is 18.6 Å². The lowest BCUT2D eigenvalue weighted by Crippen LogP contribution is -2.42. The summed E-state index contributed by atoms with van der Waals surface area (Å²) in [6, 6.07) is 8.54. The first-order valence-electron chi connectivity index (χ1n) is 11.5. The lowest BCUT2D eigenvalue weighted by Gasteiger charge is -2.38. The Bertz CT molecular complexity index is 1200. The maximum absolute atomic E-state index is 13.7. The molecule has 2 atom stereocenters. The number of hydrogen-bond donors (Lipinski definition) is 0. The molecule has 6 heteroatoms. The van der Waals surface area contributed by atoms with Crippen molar-refractivity contribution < 1.29 is 14.3 Å². The molecule has 0 aromatic heterocycles. The Morgan fingerprint density at radius 2 is 1.27 bits per heavy atom. The van der Waals surface area contributed by atoms with Crippen LogP contribution in [0.4, 0.5) is 0 Å². The average Bonchev–Trinajstić information content (AvgIpc) is 3.04. The van der Waals surface area contributed by atoms with E-state index >= 15 is 0 Å². The summed E-state index contributed by atoms with van der Waals surface area (Å²) in [5.74, 6) is 0.602. The number of Topliss-reactive ketones (excluding diaryl/α,β-unsaturated/α-hetero) is 1. The predicted molar refractivity (Wildman–Crippen MR) is 140 cm³/mol. The van der Waals surface area contributed by atoms with E-state index in [1.165, 1.54) is 11.1 Å². The quantitative estimate of drug-likeness (QED) is 0.252. The molecule has 174 valence electrons. The van der Waals surface area contributed by atoms with Gasteiger partial charge in [-0.1, -0.05) is 68.6 Å². The summed E-state index contributed by atoms with van der Waals surface area (Å²) in [4.78, 5) is 26.6. The molecule has 6 aliphatic carbocycles. The van der Waals surface area contributed by atoms with Crippen molar-refractivity contribution in [3.63, 3.8) is 0 Å². The fourth-order valence-corrected chi connectivity index (χ4v) is 7.95. The molecule has 0 aliphatic heterocycles. The number of fused-ring (bicyclic) bond motifs is 2. The summed E-state index contributed by atoms with van der Waals surface area (Å²) in [7, 11) is 0. The van der Waals surface area contributed by atoms with Gasteiger partial charge in [-0.25, -0.2) is 0 Å². The summed E-state index contributed by atoms with van der Waals surface area (Å²) >= 11 is 11.2. The molecule has 0 unspecified atom stereocenters. The van der Waals surface area contributed by atoms with Crippen LogP contribution in [0.3, 0.4) is 0 Å². The minimum Gasteiger partial charge on any atom is -0.426 e. The van der Waals surface area contributed by atoms with Gasteiger partial charge in [0.05, 0.1) is 5.41 Å². The van der Waals surface area contributed by atoms with Crippen molar-refractivity contribution >= 4 is 59.5 Å². The molecule has 6 aliphatic rings. The number of rotatable bonds is 2. The molecular weight excluding hydrogens is 612 g/mol. The maximum Gasteiger partial charge on any atom is 0.318 e. The topological polar surface area (TPSA) is 43.4 Å². The third kappa shape index (κ3) is 3.45. The number of ether oxygens (including phenoxy) is 1. The molecule has 8 rings (SSSR count). The SMILES string of the molecule is CC1(C)[C@]2(C(=O)Oc3cc4c(Br)cc3CCc3cc(Br)c(cc3Br)CC4)CC[C@@]1(C)C(=O)C2. The van der Waals surface area contributed by atoms with Gasteiger partial charge < -0.3 is 4.74 Å². The van der Waals surface area contributed by atoms with Crippen molar-refractivity contribution in [2.24, 2.45) is 16.2 Å². The van der Waals surface area contributed by atoms with Gasteiger partial charge in [0.1, 0.15) is 11.5 Å². The number of aryl methyl sites for hydroxylation is 4. The van der Waals surface area contributed by atoms with Crippen LogP contribution in [0.5, 0.6) is 5.75 Å². The highest BCUT2D eigenvalue weighted by Crippen LogP contribution is 2.70. The van der Waals surface area contributed by atoms with E-state index in [1.807, 2.05) is 13.0 Å². The van der Waals surface area contributed by atoms with Crippen LogP contribution in [0, 0.1) is 16.2 Å². The minimum absolute atomic E-state index is 0.202.